The molecule has 1 aromatic heterocycles. The fourth-order valence-electron chi connectivity index (χ4n) is 2.42. The molecule has 0 saturated carbocycles. The van der Waals surface area contributed by atoms with Crippen LogP contribution >= 0.6 is 27.3 Å². The van der Waals surface area contributed by atoms with Gasteiger partial charge in [0, 0.05) is 19.2 Å². The minimum atomic E-state index is 0.118. The molecule has 2 rings (SSSR count). The lowest BCUT2D eigenvalue weighted by Gasteiger charge is -2.35. The third-order valence-corrected chi connectivity index (χ3v) is 5.54. The maximum Gasteiger partial charge on any atom is 0.264 e. The molecule has 1 aliphatic heterocycles. The van der Waals surface area contributed by atoms with E-state index in [2.05, 4.69) is 15.9 Å². The number of carbonyl (C=O) groups excluding carboxylic acids is 1. The molecule has 1 aliphatic rings. The number of hydrogen-bond acceptors (Lipinski definition) is 3. The molecule has 1 unspecified atom stereocenters. The van der Waals surface area contributed by atoms with Gasteiger partial charge in [-0.15, -0.1) is 11.3 Å². The lowest BCUT2D eigenvalue weighted by atomic mass is 9.99. The summed E-state index contributed by atoms with van der Waals surface area (Å²) >= 11 is 4.96. The maximum absolute atomic E-state index is 12.5. The summed E-state index contributed by atoms with van der Waals surface area (Å²) in [6, 6.07) is 2.15. The van der Waals surface area contributed by atoms with Crippen molar-refractivity contribution in [3.63, 3.8) is 0 Å². The van der Waals surface area contributed by atoms with Crippen LogP contribution < -0.4 is 0 Å². The Morgan fingerprint density at radius 1 is 1.61 bits per heavy atom. The fraction of sp³-hybridized carbons (Fsp3) is 0.615. The highest BCUT2D eigenvalue weighted by molar-refractivity contribution is 9.11. The molecule has 0 bridgehead atoms. The second-order valence-electron chi connectivity index (χ2n) is 4.73. The van der Waals surface area contributed by atoms with Gasteiger partial charge in [0.05, 0.1) is 8.66 Å². The van der Waals surface area contributed by atoms with Crippen molar-refractivity contribution in [3.8, 4) is 0 Å². The molecule has 3 nitrogen and oxygen atoms in total. The normalized spacial score (nSPS) is 20.2. The topological polar surface area (TPSA) is 40.5 Å². The van der Waals surface area contributed by atoms with E-state index in [4.69, 9.17) is 5.11 Å². The van der Waals surface area contributed by atoms with Gasteiger partial charge in [-0.1, -0.05) is 0 Å². The number of likely N-dealkylation sites (tertiary alicyclic amines) is 1. The van der Waals surface area contributed by atoms with Crippen LogP contribution in [0.15, 0.2) is 9.85 Å². The highest BCUT2D eigenvalue weighted by atomic mass is 79.9. The number of rotatable bonds is 3. The summed E-state index contributed by atoms with van der Waals surface area (Å²) in [7, 11) is 0. The van der Waals surface area contributed by atoms with Gasteiger partial charge in [-0.2, -0.15) is 0 Å². The van der Waals surface area contributed by atoms with Gasteiger partial charge in [0.15, 0.2) is 0 Å². The molecule has 1 fully saturated rings. The summed E-state index contributed by atoms with van der Waals surface area (Å²) in [5.74, 6) is 0.118. The lowest BCUT2D eigenvalue weighted by molar-refractivity contribution is 0.0579. The number of aliphatic hydroxyl groups excluding tert-OH is 1. The second-order valence-corrected chi connectivity index (χ2v) is 7.10. The van der Waals surface area contributed by atoms with Crippen molar-refractivity contribution in [2.75, 3.05) is 13.2 Å². The number of aliphatic hydroxyl groups is 1. The maximum atomic E-state index is 12.5. The standard InChI is InChI=1S/C13H18BrNO2S/c1-9-8-11(18-12(9)14)13(17)15-6-3-2-4-10(15)5-7-16/h8,10,16H,2-7H2,1H3. The largest absolute Gasteiger partial charge is 0.396 e. The highest BCUT2D eigenvalue weighted by Crippen LogP contribution is 2.30. The van der Waals surface area contributed by atoms with E-state index in [0.717, 1.165) is 40.0 Å². The predicted octanol–water partition coefficient (Wildman–Crippen LogP) is 3.20. The Bertz CT molecular complexity index is 411. The summed E-state index contributed by atoms with van der Waals surface area (Å²) in [6.07, 6.45) is 3.93. The average molecular weight is 332 g/mol. The smallest absolute Gasteiger partial charge is 0.264 e. The van der Waals surface area contributed by atoms with Gasteiger partial charge in [0.25, 0.3) is 5.91 Å². The number of thiophene rings is 1. The van der Waals surface area contributed by atoms with Gasteiger partial charge in [-0.3, -0.25) is 4.79 Å². The fourth-order valence-corrected chi connectivity index (χ4v) is 3.91. The number of nitrogens with zero attached hydrogens (tertiary/aromatic N) is 1. The zero-order chi connectivity index (χ0) is 13.1. The molecular formula is C13H18BrNO2S. The van der Waals surface area contributed by atoms with E-state index in [9.17, 15) is 4.79 Å². The molecule has 1 N–H and O–H groups in total. The van der Waals surface area contributed by atoms with Gasteiger partial charge >= 0.3 is 0 Å². The summed E-state index contributed by atoms with van der Waals surface area (Å²) in [5.41, 5.74) is 1.11. The molecule has 0 aromatic carbocycles. The van der Waals surface area contributed by atoms with Crippen molar-refractivity contribution in [2.24, 2.45) is 0 Å². The number of piperidine rings is 1. The minimum Gasteiger partial charge on any atom is -0.396 e. The molecule has 1 saturated heterocycles. The summed E-state index contributed by atoms with van der Waals surface area (Å²) in [4.78, 5) is 15.2. The molecule has 100 valence electrons. The summed E-state index contributed by atoms with van der Waals surface area (Å²) in [5, 5.41) is 9.09. The van der Waals surface area contributed by atoms with E-state index in [1.165, 1.54) is 11.3 Å². The van der Waals surface area contributed by atoms with Gasteiger partial charge in [-0.05, 0) is 60.2 Å². The first kappa shape index (κ1) is 14.0. The van der Waals surface area contributed by atoms with Gasteiger partial charge in [0.2, 0.25) is 0 Å². The molecule has 0 aliphatic carbocycles. The molecule has 2 heterocycles. The molecule has 0 spiro atoms. The van der Waals surface area contributed by atoms with E-state index in [1.54, 1.807) is 0 Å². The number of aryl methyl sites for hydroxylation is 1. The highest BCUT2D eigenvalue weighted by Gasteiger charge is 2.28. The molecule has 1 amide bonds. The van der Waals surface area contributed by atoms with Crippen LogP contribution in [-0.4, -0.2) is 35.1 Å². The van der Waals surface area contributed by atoms with Crippen molar-refractivity contribution in [3.05, 3.63) is 20.3 Å². The first-order valence-electron chi connectivity index (χ1n) is 6.31. The Morgan fingerprint density at radius 2 is 2.39 bits per heavy atom. The van der Waals surface area contributed by atoms with Crippen LogP contribution in [0, 0.1) is 6.92 Å². The number of halogens is 1. The lowest BCUT2D eigenvalue weighted by Crippen LogP contribution is -2.43. The van der Waals surface area contributed by atoms with Gasteiger partial charge in [0.1, 0.15) is 0 Å². The van der Waals surface area contributed by atoms with E-state index in [-0.39, 0.29) is 18.6 Å². The van der Waals surface area contributed by atoms with E-state index in [1.807, 2.05) is 17.9 Å². The SMILES string of the molecule is Cc1cc(C(=O)N2CCCCC2CCO)sc1Br. The first-order chi connectivity index (χ1) is 8.63. The van der Waals surface area contributed by atoms with Crippen molar-refractivity contribution >= 4 is 33.2 Å². The number of amides is 1. The predicted molar refractivity (Wildman–Crippen MR) is 77.1 cm³/mol. The minimum absolute atomic E-state index is 0.118. The molecule has 5 heteroatoms. The van der Waals surface area contributed by atoms with E-state index >= 15 is 0 Å². The number of hydrogen-bond donors (Lipinski definition) is 1. The van der Waals surface area contributed by atoms with Gasteiger partial charge in [-0.25, -0.2) is 0 Å². The first-order valence-corrected chi connectivity index (χ1v) is 7.92. The average Bonchev–Trinajstić information content (AvgIpc) is 2.70. The van der Waals surface area contributed by atoms with Crippen molar-refractivity contribution in [1.82, 2.24) is 4.90 Å². The molecule has 1 atom stereocenters. The van der Waals surface area contributed by atoms with Gasteiger partial charge < -0.3 is 10.0 Å². The van der Waals surface area contributed by atoms with E-state index in [0.29, 0.717) is 6.42 Å². The quantitative estimate of drug-likeness (QED) is 0.923. The third kappa shape index (κ3) is 2.95. The Morgan fingerprint density at radius 3 is 3.00 bits per heavy atom. The third-order valence-electron chi connectivity index (χ3n) is 3.42. The van der Waals surface area contributed by atoms with Crippen LogP contribution in [0.3, 0.4) is 0 Å². The summed E-state index contributed by atoms with van der Waals surface area (Å²) < 4.78 is 1.03. The van der Waals surface area contributed by atoms with Crippen molar-refractivity contribution in [2.45, 2.75) is 38.6 Å². The zero-order valence-electron chi connectivity index (χ0n) is 10.5. The molecule has 18 heavy (non-hydrogen) atoms. The Kier molecular flexibility index (Phi) is 4.81. The Hall–Kier alpha value is -0.390. The number of carbonyl (C=O) groups is 1. The van der Waals surface area contributed by atoms with E-state index < -0.39 is 0 Å². The summed E-state index contributed by atoms with van der Waals surface area (Å²) in [6.45, 7) is 2.97. The molecule has 0 radical (unpaired) electrons. The van der Waals surface area contributed by atoms with Crippen molar-refractivity contribution in [1.29, 1.82) is 0 Å². The second kappa shape index (κ2) is 6.17. The van der Waals surface area contributed by atoms with Crippen LogP contribution in [0.25, 0.3) is 0 Å². The Balaban J connectivity index is 2.15. The Labute approximate surface area is 120 Å². The van der Waals surface area contributed by atoms with Crippen LogP contribution in [0.1, 0.15) is 40.9 Å². The zero-order valence-corrected chi connectivity index (χ0v) is 12.9. The van der Waals surface area contributed by atoms with Crippen LogP contribution in [0.4, 0.5) is 0 Å². The van der Waals surface area contributed by atoms with Crippen LogP contribution in [0.5, 0.6) is 0 Å². The van der Waals surface area contributed by atoms with Crippen LogP contribution in [-0.2, 0) is 0 Å². The molecule has 1 aromatic rings. The van der Waals surface area contributed by atoms with Crippen molar-refractivity contribution < 1.29 is 9.90 Å². The monoisotopic (exact) mass is 331 g/mol. The molecular weight excluding hydrogens is 314 g/mol. The van der Waals surface area contributed by atoms with Crippen LogP contribution in [0.2, 0.25) is 0 Å².